The second kappa shape index (κ2) is 6.24. The molecule has 1 fully saturated rings. The molecule has 1 saturated carbocycles. The normalized spacial score (nSPS) is 16.9. The number of nitrogen functional groups attached to an aromatic ring is 1. The summed E-state index contributed by atoms with van der Waals surface area (Å²) in [6.07, 6.45) is 5.68. The molecule has 0 atom stereocenters. The molecule has 0 aliphatic heterocycles. The van der Waals surface area contributed by atoms with Gasteiger partial charge in [-0.05, 0) is 50.3 Å². The first-order valence-corrected chi connectivity index (χ1v) is 7.23. The molecule has 2 rings (SSSR count). The van der Waals surface area contributed by atoms with Crippen LogP contribution in [0.4, 0.5) is 5.69 Å². The number of hydrogen-bond donors (Lipinski definition) is 1. The summed E-state index contributed by atoms with van der Waals surface area (Å²) in [6, 6.07) is 8.90. The molecule has 0 amide bonds. The Kier molecular flexibility index (Phi) is 4.65. The number of rotatable bonds is 5. The van der Waals surface area contributed by atoms with E-state index in [4.69, 9.17) is 5.73 Å². The van der Waals surface area contributed by atoms with Gasteiger partial charge in [0, 0.05) is 24.8 Å². The number of benzene rings is 1. The van der Waals surface area contributed by atoms with E-state index in [1.54, 1.807) is 0 Å². The van der Waals surface area contributed by atoms with Gasteiger partial charge < -0.3 is 5.73 Å². The molecular formula is C16H26N2. The standard InChI is InChI=1S/C16H26N2/c1-13(2)18(11-14-6-3-4-7-14)12-15-8-5-9-16(17)10-15/h5,8-10,13-14H,3-4,6-7,11-12,17H2,1-2H3. The predicted octanol–water partition coefficient (Wildman–Crippen LogP) is 3.67. The zero-order chi connectivity index (χ0) is 13.0. The number of nitrogens with zero attached hydrogens (tertiary/aromatic N) is 1. The summed E-state index contributed by atoms with van der Waals surface area (Å²) in [5, 5.41) is 0. The minimum Gasteiger partial charge on any atom is -0.399 e. The van der Waals surface area contributed by atoms with Crippen molar-refractivity contribution >= 4 is 5.69 Å². The second-order valence-electron chi connectivity index (χ2n) is 5.92. The van der Waals surface area contributed by atoms with Crippen LogP contribution in [0.3, 0.4) is 0 Å². The van der Waals surface area contributed by atoms with Crippen molar-refractivity contribution in [2.45, 2.75) is 52.1 Å². The number of nitrogens with two attached hydrogens (primary N) is 1. The van der Waals surface area contributed by atoms with Crippen molar-refractivity contribution < 1.29 is 0 Å². The van der Waals surface area contributed by atoms with E-state index < -0.39 is 0 Å². The fourth-order valence-corrected chi connectivity index (χ4v) is 2.91. The smallest absolute Gasteiger partial charge is 0.0317 e. The quantitative estimate of drug-likeness (QED) is 0.803. The van der Waals surface area contributed by atoms with E-state index in [-0.39, 0.29) is 0 Å². The molecule has 0 aromatic heterocycles. The molecule has 1 aromatic carbocycles. The van der Waals surface area contributed by atoms with E-state index in [9.17, 15) is 0 Å². The first kappa shape index (κ1) is 13.4. The van der Waals surface area contributed by atoms with Crippen LogP contribution in [0.2, 0.25) is 0 Å². The van der Waals surface area contributed by atoms with Gasteiger partial charge in [-0.2, -0.15) is 0 Å². The molecule has 1 aliphatic rings. The molecule has 2 nitrogen and oxygen atoms in total. The maximum Gasteiger partial charge on any atom is 0.0317 e. The lowest BCUT2D eigenvalue weighted by Crippen LogP contribution is -2.34. The van der Waals surface area contributed by atoms with E-state index in [2.05, 4.69) is 36.9 Å². The monoisotopic (exact) mass is 246 g/mol. The van der Waals surface area contributed by atoms with Crippen LogP contribution in [0.25, 0.3) is 0 Å². The van der Waals surface area contributed by atoms with E-state index in [0.717, 1.165) is 18.2 Å². The third kappa shape index (κ3) is 3.74. The third-order valence-corrected chi connectivity index (χ3v) is 4.03. The minimum atomic E-state index is 0.604. The average Bonchev–Trinajstić information content (AvgIpc) is 2.81. The molecule has 0 radical (unpaired) electrons. The van der Waals surface area contributed by atoms with Crippen LogP contribution in [0.1, 0.15) is 45.1 Å². The van der Waals surface area contributed by atoms with Crippen molar-refractivity contribution in [3.63, 3.8) is 0 Å². The molecule has 0 spiro atoms. The SMILES string of the molecule is CC(C)N(Cc1cccc(N)c1)CC1CCCC1. The molecule has 1 aliphatic carbocycles. The highest BCUT2D eigenvalue weighted by atomic mass is 15.1. The van der Waals surface area contributed by atoms with Crippen LogP contribution in [0.5, 0.6) is 0 Å². The van der Waals surface area contributed by atoms with Gasteiger partial charge in [0.2, 0.25) is 0 Å². The molecule has 0 unspecified atom stereocenters. The van der Waals surface area contributed by atoms with Crippen LogP contribution in [-0.4, -0.2) is 17.5 Å². The van der Waals surface area contributed by atoms with Gasteiger partial charge in [0.05, 0.1) is 0 Å². The maximum atomic E-state index is 5.86. The Balaban J connectivity index is 1.97. The first-order chi connectivity index (χ1) is 8.65. The number of anilines is 1. The van der Waals surface area contributed by atoms with Crippen molar-refractivity contribution in [3.05, 3.63) is 29.8 Å². The van der Waals surface area contributed by atoms with Gasteiger partial charge in [0.15, 0.2) is 0 Å². The van der Waals surface area contributed by atoms with Crippen LogP contribution in [-0.2, 0) is 6.54 Å². The van der Waals surface area contributed by atoms with Gasteiger partial charge in [-0.3, -0.25) is 4.90 Å². The van der Waals surface area contributed by atoms with E-state index in [0.29, 0.717) is 6.04 Å². The van der Waals surface area contributed by atoms with Gasteiger partial charge in [-0.25, -0.2) is 0 Å². The summed E-state index contributed by atoms with van der Waals surface area (Å²) in [4.78, 5) is 2.59. The molecule has 0 bridgehead atoms. The van der Waals surface area contributed by atoms with Gasteiger partial charge in [-0.1, -0.05) is 25.0 Å². The zero-order valence-electron chi connectivity index (χ0n) is 11.7. The topological polar surface area (TPSA) is 29.3 Å². The fourth-order valence-electron chi connectivity index (χ4n) is 2.91. The Morgan fingerprint density at radius 3 is 2.61 bits per heavy atom. The van der Waals surface area contributed by atoms with Crippen molar-refractivity contribution in [2.75, 3.05) is 12.3 Å². The Morgan fingerprint density at radius 1 is 1.28 bits per heavy atom. The lowest BCUT2D eigenvalue weighted by atomic mass is 10.1. The maximum absolute atomic E-state index is 5.86. The minimum absolute atomic E-state index is 0.604. The second-order valence-corrected chi connectivity index (χ2v) is 5.92. The Hall–Kier alpha value is -1.02. The van der Waals surface area contributed by atoms with Gasteiger partial charge in [-0.15, -0.1) is 0 Å². The fraction of sp³-hybridized carbons (Fsp3) is 0.625. The molecule has 18 heavy (non-hydrogen) atoms. The Bertz CT molecular complexity index is 367. The molecule has 2 N–H and O–H groups in total. The van der Waals surface area contributed by atoms with Crippen molar-refractivity contribution in [3.8, 4) is 0 Å². The van der Waals surface area contributed by atoms with E-state index in [1.807, 2.05) is 6.07 Å². The summed E-state index contributed by atoms with van der Waals surface area (Å²) >= 11 is 0. The van der Waals surface area contributed by atoms with Gasteiger partial charge in [0.1, 0.15) is 0 Å². The van der Waals surface area contributed by atoms with Crippen molar-refractivity contribution in [2.24, 2.45) is 5.92 Å². The molecular weight excluding hydrogens is 220 g/mol. The molecule has 100 valence electrons. The summed E-state index contributed by atoms with van der Waals surface area (Å²) < 4.78 is 0. The van der Waals surface area contributed by atoms with Crippen molar-refractivity contribution in [1.82, 2.24) is 4.90 Å². The lowest BCUT2D eigenvalue weighted by molar-refractivity contribution is 0.179. The van der Waals surface area contributed by atoms with Crippen molar-refractivity contribution in [1.29, 1.82) is 0 Å². The summed E-state index contributed by atoms with van der Waals surface area (Å²) in [5.74, 6) is 0.911. The predicted molar refractivity (Wildman–Crippen MR) is 78.4 cm³/mol. The summed E-state index contributed by atoms with van der Waals surface area (Å²) in [5.41, 5.74) is 8.06. The van der Waals surface area contributed by atoms with E-state index >= 15 is 0 Å². The summed E-state index contributed by atoms with van der Waals surface area (Å²) in [6.45, 7) is 6.86. The molecule has 0 heterocycles. The molecule has 0 saturated heterocycles. The highest BCUT2D eigenvalue weighted by Gasteiger charge is 2.20. The first-order valence-electron chi connectivity index (χ1n) is 7.23. The third-order valence-electron chi connectivity index (χ3n) is 4.03. The van der Waals surface area contributed by atoms with Crippen LogP contribution in [0, 0.1) is 5.92 Å². The van der Waals surface area contributed by atoms with Gasteiger partial charge >= 0.3 is 0 Å². The highest BCUT2D eigenvalue weighted by Crippen LogP contribution is 2.26. The van der Waals surface area contributed by atoms with Crippen LogP contribution < -0.4 is 5.73 Å². The van der Waals surface area contributed by atoms with Gasteiger partial charge in [0.25, 0.3) is 0 Å². The molecule has 2 heteroatoms. The Labute approximate surface area is 111 Å². The Morgan fingerprint density at radius 2 is 2.00 bits per heavy atom. The largest absolute Gasteiger partial charge is 0.399 e. The average molecular weight is 246 g/mol. The van der Waals surface area contributed by atoms with Crippen LogP contribution in [0.15, 0.2) is 24.3 Å². The highest BCUT2D eigenvalue weighted by molar-refractivity contribution is 5.40. The van der Waals surface area contributed by atoms with E-state index in [1.165, 1.54) is 37.8 Å². The zero-order valence-corrected chi connectivity index (χ0v) is 11.7. The molecule has 1 aromatic rings. The number of hydrogen-bond acceptors (Lipinski definition) is 2. The summed E-state index contributed by atoms with van der Waals surface area (Å²) in [7, 11) is 0. The van der Waals surface area contributed by atoms with Crippen LogP contribution >= 0.6 is 0 Å². The lowest BCUT2D eigenvalue weighted by Gasteiger charge is -2.29.